The summed E-state index contributed by atoms with van der Waals surface area (Å²) in [6.07, 6.45) is 7.70. The summed E-state index contributed by atoms with van der Waals surface area (Å²) in [5, 5.41) is 3.27. The minimum absolute atomic E-state index is 0.555. The van der Waals surface area contributed by atoms with Gasteiger partial charge in [0, 0.05) is 19.5 Å². The SMILES string of the molecule is C1=C(OC2CCC2)CCNC1. The molecule has 2 rings (SSSR count). The van der Waals surface area contributed by atoms with E-state index in [0.717, 1.165) is 19.5 Å². The number of ether oxygens (including phenoxy) is 1. The Kier molecular flexibility index (Phi) is 2.13. The van der Waals surface area contributed by atoms with Crippen molar-refractivity contribution in [3.05, 3.63) is 11.8 Å². The molecule has 0 aromatic heterocycles. The number of hydrogen-bond acceptors (Lipinski definition) is 2. The van der Waals surface area contributed by atoms with Crippen LogP contribution in [0.1, 0.15) is 25.7 Å². The molecule has 1 heterocycles. The molecule has 62 valence electrons. The van der Waals surface area contributed by atoms with E-state index in [0.29, 0.717) is 6.10 Å². The maximum absolute atomic E-state index is 5.75. The Balaban J connectivity index is 1.79. The highest BCUT2D eigenvalue weighted by Crippen LogP contribution is 2.25. The predicted molar refractivity (Wildman–Crippen MR) is 44.3 cm³/mol. The molecule has 0 saturated heterocycles. The molecule has 1 aliphatic carbocycles. The molecular weight excluding hydrogens is 138 g/mol. The van der Waals surface area contributed by atoms with Crippen molar-refractivity contribution in [2.45, 2.75) is 31.8 Å². The lowest BCUT2D eigenvalue weighted by atomic mass is 9.96. The van der Waals surface area contributed by atoms with E-state index in [9.17, 15) is 0 Å². The van der Waals surface area contributed by atoms with Crippen LogP contribution in [0.4, 0.5) is 0 Å². The molecule has 1 aliphatic heterocycles. The Morgan fingerprint density at radius 1 is 1.45 bits per heavy atom. The van der Waals surface area contributed by atoms with Crippen LogP contribution in [-0.4, -0.2) is 19.2 Å². The normalized spacial score (nSPS) is 25.6. The molecule has 0 unspecified atom stereocenters. The van der Waals surface area contributed by atoms with Crippen molar-refractivity contribution in [1.82, 2.24) is 5.32 Å². The summed E-state index contributed by atoms with van der Waals surface area (Å²) >= 11 is 0. The number of hydrogen-bond donors (Lipinski definition) is 1. The first-order valence-electron chi connectivity index (χ1n) is 4.51. The molecule has 11 heavy (non-hydrogen) atoms. The highest BCUT2D eigenvalue weighted by atomic mass is 16.5. The second-order valence-electron chi connectivity index (χ2n) is 3.30. The van der Waals surface area contributed by atoms with Crippen molar-refractivity contribution >= 4 is 0 Å². The fourth-order valence-corrected chi connectivity index (χ4v) is 1.41. The van der Waals surface area contributed by atoms with Gasteiger partial charge in [-0.1, -0.05) is 0 Å². The van der Waals surface area contributed by atoms with Crippen LogP contribution in [-0.2, 0) is 4.74 Å². The molecule has 2 heteroatoms. The molecule has 1 fully saturated rings. The first-order valence-corrected chi connectivity index (χ1v) is 4.51. The summed E-state index contributed by atoms with van der Waals surface area (Å²) in [7, 11) is 0. The molecule has 0 aromatic rings. The van der Waals surface area contributed by atoms with Crippen molar-refractivity contribution in [2.75, 3.05) is 13.1 Å². The second-order valence-corrected chi connectivity index (χ2v) is 3.30. The molecule has 0 radical (unpaired) electrons. The summed E-state index contributed by atoms with van der Waals surface area (Å²) in [5.41, 5.74) is 0. The van der Waals surface area contributed by atoms with Crippen molar-refractivity contribution in [3.8, 4) is 0 Å². The van der Waals surface area contributed by atoms with Crippen LogP contribution in [0.3, 0.4) is 0 Å². The smallest absolute Gasteiger partial charge is 0.0982 e. The Hall–Kier alpha value is -0.500. The van der Waals surface area contributed by atoms with E-state index >= 15 is 0 Å². The molecule has 2 nitrogen and oxygen atoms in total. The Labute approximate surface area is 67.6 Å². The standard InChI is InChI=1S/C9H15NO/c1-2-8(3-1)11-9-4-6-10-7-5-9/h4,8,10H,1-3,5-7H2. The zero-order valence-corrected chi connectivity index (χ0v) is 6.81. The van der Waals surface area contributed by atoms with Crippen molar-refractivity contribution < 1.29 is 4.74 Å². The lowest BCUT2D eigenvalue weighted by molar-refractivity contribution is 0.0457. The molecule has 0 atom stereocenters. The Morgan fingerprint density at radius 2 is 2.36 bits per heavy atom. The van der Waals surface area contributed by atoms with Gasteiger partial charge in [0.1, 0.15) is 0 Å². The molecular formula is C9H15NO. The zero-order chi connectivity index (χ0) is 7.52. The minimum Gasteiger partial charge on any atom is -0.495 e. The minimum atomic E-state index is 0.555. The molecule has 0 aromatic carbocycles. The lowest BCUT2D eigenvalue weighted by Crippen LogP contribution is -2.26. The topological polar surface area (TPSA) is 21.3 Å². The van der Waals surface area contributed by atoms with E-state index < -0.39 is 0 Å². The van der Waals surface area contributed by atoms with Gasteiger partial charge in [-0.15, -0.1) is 0 Å². The Bertz CT molecular complexity index is 161. The lowest BCUT2D eigenvalue weighted by Gasteiger charge is -2.29. The van der Waals surface area contributed by atoms with Crippen molar-refractivity contribution in [2.24, 2.45) is 0 Å². The zero-order valence-electron chi connectivity index (χ0n) is 6.81. The molecule has 0 bridgehead atoms. The van der Waals surface area contributed by atoms with Crippen LogP contribution in [0, 0.1) is 0 Å². The summed E-state index contributed by atoms with van der Waals surface area (Å²) in [4.78, 5) is 0. The maximum atomic E-state index is 5.75. The van der Waals surface area contributed by atoms with Gasteiger partial charge < -0.3 is 10.1 Å². The van der Waals surface area contributed by atoms with Gasteiger partial charge in [-0.25, -0.2) is 0 Å². The van der Waals surface area contributed by atoms with E-state index in [1.807, 2.05) is 0 Å². The van der Waals surface area contributed by atoms with E-state index in [1.54, 1.807) is 0 Å². The average molecular weight is 153 g/mol. The van der Waals surface area contributed by atoms with Gasteiger partial charge in [0.2, 0.25) is 0 Å². The van der Waals surface area contributed by atoms with Crippen LogP contribution in [0.5, 0.6) is 0 Å². The maximum Gasteiger partial charge on any atom is 0.0982 e. The summed E-state index contributed by atoms with van der Waals surface area (Å²) in [5.74, 6) is 1.22. The molecule has 2 aliphatic rings. The summed E-state index contributed by atoms with van der Waals surface area (Å²) < 4.78 is 5.75. The number of rotatable bonds is 2. The highest BCUT2D eigenvalue weighted by molar-refractivity contribution is 5.00. The van der Waals surface area contributed by atoms with Crippen LogP contribution < -0.4 is 5.32 Å². The van der Waals surface area contributed by atoms with Crippen molar-refractivity contribution in [1.29, 1.82) is 0 Å². The molecule has 0 amide bonds. The molecule has 1 saturated carbocycles. The monoisotopic (exact) mass is 153 g/mol. The van der Waals surface area contributed by atoms with Gasteiger partial charge in [0.15, 0.2) is 0 Å². The van der Waals surface area contributed by atoms with Gasteiger partial charge in [-0.3, -0.25) is 0 Å². The van der Waals surface area contributed by atoms with E-state index in [-0.39, 0.29) is 0 Å². The molecule has 1 N–H and O–H groups in total. The predicted octanol–water partition coefficient (Wildman–Crippen LogP) is 1.43. The quantitative estimate of drug-likeness (QED) is 0.648. The van der Waals surface area contributed by atoms with Gasteiger partial charge in [-0.2, -0.15) is 0 Å². The largest absolute Gasteiger partial charge is 0.495 e. The van der Waals surface area contributed by atoms with E-state index in [2.05, 4.69) is 11.4 Å². The highest BCUT2D eigenvalue weighted by Gasteiger charge is 2.20. The second kappa shape index (κ2) is 3.26. The number of nitrogens with one attached hydrogen (secondary N) is 1. The summed E-state index contributed by atoms with van der Waals surface area (Å²) in [6.45, 7) is 2.07. The first kappa shape index (κ1) is 7.17. The van der Waals surface area contributed by atoms with Crippen molar-refractivity contribution in [3.63, 3.8) is 0 Å². The van der Waals surface area contributed by atoms with Crippen LogP contribution in [0.25, 0.3) is 0 Å². The summed E-state index contributed by atoms with van der Waals surface area (Å²) in [6, 6.07) is 0. The fraction of sp³-hybridized carbons (Fsp3) is 0.778. The first-order chi connectivity index (χ1) is 5.45. The van der Waals surface area contributed by atoms with Gasteiger partial charge in [0.25, 0.3) is 0 Å². The van der Waals surface area contributed by atoms with E-state index in [4.69, 9.17) is 4.74 Å². The van der Waals surface area contributed by atoms with Crippen LogP contribution in [0.15, 0.2) is 11.8 Å². The average Bonchev–Trinajstić information content (AvgIpc) is 1.99. The van der Waals surface area contributed by atoms with Gasteiger partial charge >= 0.3 is 0 Å². The molecule has 0 spiro atoms. The van der Waals surface area contributed by atoms with E-state index in [1.165, 1.54) is 25.0 Å². The van der Waals surface area contributed by atoms with Crippen LogP contribution in [0.2, 0.25) is 0 Å². The third-order valence-electron chi connectivity index (χ3n) is 2.39. The van der Waals surface area contributed by atoms with Gasteiger partial charge in [0.05, 0.1) is 11.9 Å². The van der Waals surface area contributed by atoms with Gasteiger partial charge in [-0.05, 0) is 25.3 Å². The van der Waals surface area contributed by atoms with Crippen LogP contribution >= 0.6 is 0 Å². The Morgan fingerprint density at radius 3 is 2.91 bits per heavy atom. The fourth-order valence-electron chi connectivity index (χ4n) is 1.41. The third kappa shape index (κ3) is 1.74. The third-order valence-corrected chi connectivity index (χ3v) is 2.39.